The summed E-state index contributed by atoms with van der Waals surface area (Å²) in [6, 6.07) is 10.5. The molecular weight excluding hydrogens is 310 g/mol. The van der Waals surface area contributed by atoms with Gasteiger partial charge in [0.1, 0.15) is 0 Å². The topological polar surface area (TPSA) is 132 Å². The number of para-hydroxylation sites is 1. The number of nitro benzene ring substituents is 1. The Hall–Kier alpha value is -2.94. The Morgan fingerprint density at radius 1 is 1.14 bits per heavy atom. The van der Waals surface area contributed by atoms with Crippen molar-refractivity contribution in [2.45, 2.75) is 4.90 Å². The van der Waals surface area contributed by atoms with Crippen molar-refractivity contribution < 1.29 is 18.1 Å². The summed E-state index contributed by atoms with van der Waals surface area (Å²) >= 11 is 0. The Balaban J connectivity index is 2.43. The van der Waals surface area contributed by atoms with Gasteiger partial charge in [-0.2, -0.15) is 0 Å². The highest BCUT2D eigenvalue weighted by Gasteiger charge is 2.25. The van der Waals surface area contributed by atoms with E-state index in [9.17, 15) is 23.3 Å². The highest BCUT2D eigenvalue weighted by atomic mass is 32.2. The molecule has 0 unspecified atom stereocenters. The Bertz CT molecular complexity index is 848. The van der Waals surface area contributed by atoms with Gasteiger partial charge in [-0.05, 0) is 24.3 Å². The van der Waals surface area contributed by atoms with Crippen LogP contribution in [0.4, 0.5) is 11.4 Å². The van der Waals surface area contributed by atoms with Gasteiger partial charge in [-0.3, -0.25) is 19.6 Å². The van der Waals surface area contributed by atoms with Crippen LogP contribution in [0.25, 0.3) is 0 Å². The number of amides is 1. The van der Waals surface area contributed by atoms with Gasteiger partial charge in [0.25, 0.3) is 15.7 Å². The number of sulfonamides is 1. The Labute approximate surface area is 125 Å². The number of nitrogens with two attached hydrogens (primary N) is 1. The highest BCUT2D eigenvalue weighted by molar-refractivity contribution is 7.92. The number of hydrogen-bond donors (Lipinski definition) is 2. The molecule has 2 aromatic rings. The van der Waals surface area contributed by atoms with Crippen LogP contribution < -0.4 is 10.5 Å². The number of nitrogens with one attached hydrogen (secondary N) is 1. The van der Waals surface area contributed by atoms with E-state index in [1.807, 2.05) is 0 Å². The third kappa shape index (κ3) is 3.20. The van der Waals surface area contributed by atoms with E-state index in [-0.39, 0.29) is 11.3 Å². The molecule has 8 nitrogen and oxygen atoms in total. The van der Waals surface area contributed by atoms with Gasteiger partial charge in [-0.1, -0.05) is 18.2 Å². The van der Waals surface area contributed by atoms with E-state index in [2.05, 4.69) is 4.72 Å². The molecule has 2 aromatic carbocycles. The summed E-state index contributed by atoms with van der Waals surface area (Å²) in [6.07, 6.45) is 0. The minimum Gasteiger partial charge on any atom is -0.366 e. The third-order valence-electron chi connectivity index (χ3n) is 2.75. The first-order chi connectivity index (χ1) is 10.3. The summed E-state index contributed by atoms with van der Waals surface area (Å²) < 4.78 is 26.7. The molecule has 0 aliphatic rings. The Kier molecular flexibility index (Phi) is 4.08. The van der Waals surface area contributed by atoms with Crippen LogP contribution in [0.1, 0.15) is 10.4 Å². The fourth-order valence-corrected chi connectivity index (χ4v) is 3.00. The largest absolute Gasteiger partial charge is 0.366 e. The molecule has 0 heterocycles. The molecule has 0 fully saturated rings. The second-order valence-electron chi connectivity index (χ2n) is 4.28. The van der Waals surface area contributed by atoms with Crippen LogP contribution in [0, 0.1) is 10.1 Å². The smallest absolute Gasteiger partial charge is 0.289 e. The maximum atomic E-state index is 12.3. The molecule has 3 N–H and O–H groups in total. The lowest BCUT2D eigenvalue weighted by Crippen LogP contribution is -2.16. The molecule has 0 atom stereocenters. The van der Waals surface area contributed by atoms with Gasteiger partial charge in [-0.15, -0.1) is 0 Å². The number of carbonyl (C=O) groups excluding carboxylic acids is 1. The molecule has 1 amide bonds. The second-order valence-corrected chi connectivity index (χ2v) is 5.93. The maximum absolute atomic E-state index is 12.3. The van der Waals surface area contributed by atoms with E-state index in [1.165, 1.54) is 36.4 Å². The van der Waals surface area contributed by atoms with Crippen molar-refractivity contribution in [2.24, 2.45) is 5.73 Å². The van der Waals surface area contributed by atoms with Crippen molar-refractivity contribution in [1.29, 1.82) is 0 Å². The molecule has 114 valence electrons. The number of nitrogens with zero attached hydrogens (tertiary/aromatic N) is 1. The number of anilines is 1. The molecule has 9 heteroatoms. The van der Waals surface area contributed by atoms with Gasteiger partial charge in [0.05, 0.1) is 4.92 Å². The molecule has 22 heavy (non-hydrogen) atoms. The zero-order valence-electron chi connectivity index (χ0n) is 11.1. The molecule has 0 aliphatic heterocycles. The molecule has 0 aromatic heterocycles. The average molecular weight is 321 g/mol. The monoisotopic (exact) mass is 321 g/mol. The molecular formula is C13H11N3O5S. The van der Waals surface area contributed by atoms with Crippen LogP contribution in [0.15, 0.2) is 53.4 Å². The molecule has 0 spiro atoms. The zero-order valence-corrected chi connectivity index (χ0v) is 11.9. The van der Waals surface area contributed by atoms with E-state index < -0.39 is 31.4 Å². The lowest BCUT2D eigenvalue weighted by Gasteiger charge is -2.09. The predicted molar refractivity (Wildman–Crippen MR) is 78.9 cm³/mol. The van der Waals surface area contributed by atoms with Gasteiger partial charge >= 0.3 is 0 Å². The second kappa shape index (κ2) is 5.82. The van der Waals surface area contributed by atoms with Crippen molar-refractivity contribution in [1.82, 2.24) is 0 Å². The molecule has 0 saturated carbocycles. The minimum atomic E-state index is -4.18. The summed E-state index contributed by atoms with van der Waals surface area (Å²) in [4.78, 5) is 20.8. The van der Waals surface area contributed by atoms with Gasteiger partial charge in [0.15, 0.2) is 4.90 Å². The molecule has 0 aliphatic carbocycles. The summed E-state index contributed by atoms with van der Waals surface area (Å²) in [5.41, 5.74) is 4.77. The first kappa shape index (κ1) is 15.4. The number of primary amides is 1. The lowest BCUT2D eigenvalue weighted by atomic mass is 10.2. The third-order valence-corrected chi connectivity index (χ3v) is 4.18. The normalized spacial score (nSPS) is 10.9. The predicted octanol–water partition coefficient (Wildman–Crippen LogP) is 1.49. The van der Waals surface area contributed by atoms with Crippen LogP contribution in [0.2, 0.25) is 0 Å². The highest BCUT2D eigenvalue weighted by Crippen LogP contribution is 2.25. The first-order valence-corrected chi connectivity index (χ1v) is 7.46. The van der Waals surface area contributed by atoms with Crippen LogP contribution >= 0.6 is 0 Å². The summed E-state index contributed by atoms with van der Waals surface area (Å²) in [6.45, 7) is 0. The number of rotatable bonds is 5. The van der Waals surface area contributed by atoms with Gasteiger partial charge in [-0.25, -0.2) is 8.42 Å². The van der Waals surface area contributed by atoms with E-state index >= 15 is 0 Å². The summed E-state index contributed by atoms with van der Waals surface area (Å²) in [5, 5.41) is 10.9. The van der Waals surface area contributed by atoms with Crippen LogP contribution in [0.5, 0.6) is 0 Å². The van der Waals surface area contributed by atoms with Gasteiger partial charge in [0, 0.05) is 17.3 Å². The molecule has 0 radical (unpaired) electrons. The van der Waals surface area contributed by atoms with E-state index in [4.69, 9.17) is 5.73 Å². The first-order valence-electron chi connectivity index (χ1n) is 5.97. The minimum absolute atomic E-state index is 0.0782. The van der Waals surface area contributed by atoms with E-state index in [1.54, 1.807) is 0 Å². The number of carbonyl (C=O) groups is 1. The fourth-order valence-electron chi connectivity index (χ4n) is 1.78. The molecule has 0 bridgehead atoms. The van der Waals surface area contributed by atoms with Crippen LogP contribution in [-0.2, 0) is 10.0 Å². The van der Waals surface area contributed by atoms with Gasteiger partial charge in [0.2, 0.25) is 5.91 Å². The number of hydrogen-bond acceptors (Lipinski definition) is 5. The summed E-state index contributed by atoms with van der Waals surface area (Å²) in [5.74, 6) is -0.716. The maximum Gasteiger partial charge on any atom is 0.289 e. The van der Waals surface area contributed by atoms with Crippen LogP contribution in [0.3, 0.4) is 0 Å². The Morgan fingerprint density at radius 2 is 1.82 bits per heavy atom. The van der Waals surface area contributed by atoms with E-state index in [0.717, 1.165) is 12.1 Å². The van der Waals surface area contributed by atoms with Gasteiger partial charge < -0.3 is 5.73 Å². The van der Waals surface area contributed by atoms with Crippen molar-refractivity contribution in [3.8, 4) is 0 Å². The standard InChI is InChI=1S/C13H11N3O5S/c14-13(17)9-4-3-5-10(8-9)15-22(20,21)12-7-2-1-6-11(12)16(18)19/h1-8,15H,(H2,14,17). The number of nitro groups is 1. The SMILES string of the molecule is NC(=O)c1cccc(NS(=O)(=O)c2ccccc2[N+](=O)[O-])c1. The van der Waals surface area contributed by atoms with Crippen LogP contribution in [-0.4, -0.2) is 19.2 Å². The zero-order chi connectivity index (χ0) is 16.3. The van der Waals surface area contributed by atoms with Crippen molar-refractivity contribution in [2.75, 3.05) is 4.72 Å². The van der Waals surface area contributed by atoms with Crippen molar-refractivity contribution in [3.63, 3.8) is 0 Å². The summed E-state index contributed by atoms with van der Waals surface area (Å²) in [7, 11) is -4.18. The molecule has 0 saturated heterocycles. The average Bonchev–Trinajstić information content (AvgIpc) is 2.47. The molecule has 2 rings (SSSR count). The number of benzene rings is 2. The van der Waals surface area contributed by atoms with E-state index in [0.29, 0.717) is 0 Å². The van der Waals surface area contributed by atoms with Crippen molar-refractivity contribution in [3.05, 3.63) is 64.2 Å². The van der Waals surface area contributed by atoms with Crippen molar-refractivity contribution >= 4 is 27.3 Å². The quantitative estimate of drug-likeness (QED) is 0.636. The fraction of sp³-hybridized carbons (Fsp3) is 0. The lowest BCUT2D eigenvalue weighted by molar-refractivity contribution is -0.387. The Morgan fingerprint density at radius 3 is 2.45 bits per heavy atom.